The van der Waals surface area contributed by atoms with Gasteiger partial charge in [-0.15, -0.1) is 0 Å². The van der Waals surface area contributed by atoms with Crippen molar-refractivity contribution in [1.29, 1.82) is 0 Å². The van der Waals surface area contributed by atoms with E-state index in [1.54, 1.807) is 44.1 Å². The van der Waals surface area contributed by atoms with Crippen LogP contribution in [0.25, 0.3) is 0 Å². The normalized spacial score (nSPS) is 14.7. The highest BCUT2D eigenvalue weighted by Crippen LogP contribution is 2.34. The summed E-state index contributed by atoms with van der Waals surface area (Å²) in [6, 6.07) is 4.95. The molecular formula is C17H25N3O5. The fourth-order valence-electron chi connectivity index (χ4n) is 2.59. The summed E-state index contributed by atoms with van der Waals surface area (Å²) in [5, 5.41) is 11.9. The van der Waals surface area contributed by atoms with Crippen molar-refractivity contribution in [2.45, 2.75) is 19.4 Å². The lowest BCUT2D eigenvalue weighted by Crippen LogP contribution is -2.50. The smallest absolute Gasteiger partial charge is 0.325 e. The number of nitrogens with zero attached hydrogens (tertiary/aromatic N) is 2. The first-order valence-corrected chi connectivity index (χ1v) is 8.01. The average molecular weight is 351 g/mol. The Hall–Kier alpha value is -2.48. The molecule has 25 heavy (non-hydrogen) atoms. The molecule has 0 saturated carbocycles. The van der Waals surface area contributed by atoms with E-state index in [4.69, 9.17) is 9.47 Å². The molecular weight excluding hydrogens is 326 g/mol. The van der Waals surface area contributed by atoms with Gasteiger partial charge >= 0.3 is 6.03 Å². The predicted molar refractivity (Wildman–Crippen MR) is 93.2 cm³/mol. The third-order valence-corrected chi connectivity index (χ3v) is 3.98. The summed E-state index contributed by atoms with van der Waals surface area (Å²) in [6.07, 6.45) is 0. The van der Waals surface area contributed by atoms with E-state index in [1.807, 2.05) is 0 Å². The molecule has 1 aromatic carbocycles. The summed E-state index contributed by atoms with van der Waals surface area (Å²) >= 11 is 0. The quantitative estimate of drug-likeness (QED) is 0.759. The summed E-state index contributed by atoms with van der Waals surface area (Å²) in [5.41, 5.74) is -0.124. The van der Waals surface area contributed by atoms with Gasteiger partial charge in [-0.1, -0.05) is 0 Å². The molecule has 1 aliphatic rings. The Morgan fingerprint density at radius 3 is 2.60 bits per heavy atom. The number of urea groups is 1. The maximum absolute atomic E-state index is 12.7. The minimum atomic E-state index is -0.727. The third kappa shape index (κ3) is 4.33. The lowest BCUT2D eigenvalue weighted by molar-refractivity contribution is -0.123. The number of hydrogen-bond donors (Lipinski definition) is 2. The highest BCUT2D eigenvalue weighted by atomic mass is 16.5. The minimum absolute atomic E-state index is 0.0644. The van der Waals surface area contributed by atoms with E-state index in [-0.39, 0.29) is 25.1 Å². The van der Waals surface area contributed by atoms with Crippen LogP contribution < -0.4 is 19.7 Å². The molecule has 0 atom stereocenters. The number of aliphatic hydroxyl groups is 1. The zero-order chi connectivity index (χ0) is 18.6. The molecule has 2 N–H and O–H groups in total. The third-order valence-electron chi connectivity index (χ3n) is 3.98. The van der Waals surface area contributed by atoms with Crippen molar-refractivity contribution < 1.29 is 24.2 Å². The van der Waals surface area contributed by atoms with Gasteiger partial charge < -0.3 is 24.8 Å². The molecule has 0 spiro atoms. The van der Waals surface area contributed by atoms with E-state index in [0.29, 0.717) is 30.3 Å². The zero-order valence-electron chi connectivity index (χ0n) is 15.0. The molecule has 1 aliphatic heterocycles. The second kappa shape index (κ2) is 7.60. The summed E-state index contributed by atoms with van der Waals surface area (Å²) < 4.78 is 10.5. The van der Waals surface area contributed by atoms with Crippen LogP contribution in [-0.2, 0) is 4.79 Å². The van der Waals surface area contributed by atoms with Crippen molar-refractivity contribution in [3.8, 4) is 11.5 Å². The molecule has 0 unspecified atom stereocenters. The number of anilines is 1. The number of methoxy groups -OCH3 is 2. The highest BCUT2D eigenvalue weighted by Gasteiger charge is 2.33. The van der Waals surface area contributed by atoms with E-state index >= 15 is 0 Å². The lowest BCUT2D eigenvalue weighted by Gasteiger charge is -2.25. The van der Waals surface area contributed by atoms with Crippen LogP contribution in [0.2, 0.25) is 0 Å². The summed E-state index contributed by atoms with van der Waals surface area (Å²) in [5.74, 6) is 0.859. The zero-order valence-corrected chi connectivity index (χ0v) is 15.0. The number of carbonyl (C=O) groups is 2. The molecule has 138 valence electrons. The minimum Gasteiger partial charge on any atom is -0.497 e. The monoisotopic (exact) mass is 351 g/mol. The maximum atomic E-state index is 12.7. The Labute approximate surface area is 147 Å². The first-order chi connectivity index (χ1) is 11.8. The number of rotatable bonds is 7. The van der Waals surface area contributed by atoms with Gasteiger partial charge in [0, 0.05) is 19.2 Å². The molecule has 0 aliphatic carbocycles. The Balaban J connectivity index is 2.10. The Kier molecular flexibility index (Phi) is 5.73. The van der Waals surface area contributed by atoms with Crippen molar-refractivity contribution >= 4 is 17.6 Å². The van der Waals surface area contributed by atoms with Gasteiger partial charge in [0.1, 0.15) is 18.0 Å². The van der Waals surface area contributed by atoms with Gasteiger partial charge in [0.25, 0.3) is 0 Å². The van der Waals surface area contributed by atoms with Crippen molar-refractivity contribution in [3.63, 3.8) is 0 Å². The maximum Gasteiger partial charge on any atom is 0.325 e. The average Bonchev–Trinajstić information content (AvgIpc) is 2.94. The SMILES string of the molecule is COc1ccc(OC)c(N2CCN(CC(=O)NC(C)(C)CO)C2=O)c1. The van der Waals surface area contributed by atoms with E-state index < -0.39 is 5.54 Å². The van der Waals surface area contributed by atoms with E-state index in [1.165, 1.54) is 12.0 Å². The molecule has 0 bridgehead atoms. The molecule has 1 fully saturated rings. The number of nitrogens with one attached hydrogen (secondary N) is 1. The molecule has 2 rings (SSSR count). The van der Waals surface area contributed by atoms with Crippen molar-refractivity contribution in [3.05, 3.63) is 18.2 Å². The van der Waals surface area contributed by atoms with Crippen molar-refractivity contribution in [2.75, 3.05) is 45.4 Å². The predicted octanol–water partition coefficient (Wildman–Crippen LogP) is 0.833. The largest absolute Gasteiger partial charge is 0.497 e. The number of hydrogen-bond acceptors (Lipinski definition) is 5. The molecule has 8 heteroatoms. The van der Waals surface area contributed by atoms with Crippen LogP contribution in [0.3, 0.4) is 0 Å². The molecule has 1 saturated heterocycles. The molecule has 1 heterocycles. The van der Waals surface area contributed by atoms with Crippen molar-refractivity contribution in [2.24, 2.45) is 0 Å². The van der Waals surface area contributed by atoms with Crippen LogP contribution in [-0.4, -0.2) is 67.9 Å². The molecule has 8 nitrogen and oxygen atoms in total. The second-order valence-corrected chi connectivity index (χ2v) is 6.48. The topological polar surface area (TPSA) is 91.3 Å². The van der Waals surface area contributed by atoms with Gasteiger partial charge in [0.05, 0.1) is 32.1 Å². The van der Waals surface area contributed by atoms with E-state index in [2.05, 4.69) is 5.32 Å². The number of amides is 3. The molecule has 1 aromatic rings. The van der Waals surface area contributed by atoms with Crippen LogP contribution in [0.1, 0.15) is 13.8 Å². The second-order valence-electron chi connectivity index (χ2n) is 6.48. The number of ether oxygens (including phenoxy) is 2. The standard InChI is InChI=1S/C17H25N3O5/c1-17(2,11-21)18-15(22)10-19-7-8-20(16(19)23)13-9-12(24-3)5-6-14(13)25-4/h5-6,9,21H,7-8,10-11H2,1-4H3,(H,18,22). The Morgan fingerprint density at radius 2 is 2.00 bits per heavy atom. The first-order valence-electron chi connectivity index (χ1n) is 8.01. The Bertz CT molecular complexity index is 647. The van der Waals surface area contributed by atoms with Crippen LogP contribution in [0.5, 0.6) is 11.5 Å². The molecule has 0 radical (unpaired) electrons. The summed E-state index contributed by atoms with van der Waals surface area (Å²) in [4.78, 5) is 27.8. The fourth-order valence-corrected chi connectivity index (χ4v) is 2.59. The number of carbonyl (C=O) groups excluding carboxylic acids is 2. The summed E-state index contributed by atoms with van der Waals surface area (Å²) in [6.45, 7) is 4.05. The van der Waals surface area contributed by atoms with Crippen LogP contribution in [0.15, 0.2) is 18.2 Å². The highest BCUT2D eigenvalue weighted by molar-refractivity contribution is 5.98. The van der Waals surface area contributed by atoms with Crippen LogP contribution in [0, 0.1) is 0 Å². The van der Waals surface area contributed by atoms with Gasteiger partial charge in [-0.3, -0.25) is 9.69 Å². The van der Waals surface area contributed by atoms with E-state index in [0.717, 1.165) is 0 Å². The Morgan fingerprint density at radius 1 is 1.28 bits per heavy atom. The van der Waals surface area contributed by atoms with Gasteiger partial charge in [-0.2, -0.15) is 0 Å². The van der Waals surface area contributed by atoms with Crippen LogP contribution >= 0.6 is 0 Å². The van der Waals surface area contributed by atoms with E-state index in [9.17, 15) is 14.7 Å². The van der Waals surface area contributed by atoms with Gasteiger partial charge in [-0.05, 0) is 26.0 Å². The number of aliphatic hydroxyl groups excluding tert-OH is 1. The fraction of sp³-hybridized carbons (Fsp3) is 0.529. The van der Waals surface area contributed by atoms with Gasteiger partial charge in [0.15, 0.2) is 0 Å². The van der Waals surface area contributed by atoms with Crippen molar-refractivity contribution in [1.82, 2.24) is 10.2 Å². The van der Waals surface area contributed by atoms with Gasteiger partial charge in [-0.25, -0.2) is 4.79 Å². The number of benzene rings is 1. The van der Waals surface area contributed by atoms with Gasteiger partial charge in [0.2, 0.25) is 5.91 Å². The molecule has 3 amide bonds. The lowest BCUT2D eigenvalue weighted by atomic mass is 10.1. The first kappa shape index (κ1) is 18.9. The van der Waals surface area contributed by atoms with Crippen LogP contribution in [0.4, 0.5) is 10.5 Å². The summed E-state index contributed by atoms with van der Waals surface area (Å²) in [7, 11) is 3.09. The molecule has 0 aromatic heterocycles.